The van der Waals surface area contributed by atoms with Crippen LogP contribution in [0.3, 0.4) is 0 Å². The van der Waals surface area contributed by atoms with Gasteiger partial charge in [0.05, 0.1) is 11.2 Å². The van der Waals surface area contributed by atoms with E-state index in [9.17, 15) is 4.79 Å². The summed E-state index contributed by atoms with van der Waals surface area (Å²) in [5.74, 6) is 0.261. The van der Waals surface area contributed by atoms with Gasteiger partial charge in [0.25, 0.3) is 0 Å². The van der Waals surface area contributed by atoms with E-state index in [1.54, 1.807) is 4.90 Å². The number of nitrogens with one attached hydrogen (secondary N) is 2. The van der Waals surface area contributed by atoms with Crippen molar-refractivity contribution in [2.45, 2.75) is 70.7 Å². The number of hydrogen-bond acceptors (Lipinski definition) is 3. The SMILES string of the molecule is CC(C)N1C(=O)NC(=N)C12CC(C)(C)OC2(C)C. The molecule has 1 unspecified atom stereocenters. The molecule has 0 aliphatic carbocycles. The molecule has 0 aromatic carbocycles. The average Bonchev–Trinajstić information content (AvgIpc) is 2.45. The zero-order valence-electron chi connectivity index (χ0n) is 12.0. The van der Waals surface area contributed by atoms with Crippen LogP contribution in [0.25, 0.3) is 0 Å². The van der Waals surface area contributed by atoms with Crippen LogP contribution in [-0.4, -0.2) is 39.5 Å². The molecular formula is C13H23N3O2. The molecule has 2 aliphatic rings. The van der Waals surface area contributed by atoms with Gasteiger partial charge in [0.15, 0.2) is 0 Å². The van der Waals surface area contributed by atoms with Crippen molar-refractivity contribution >= 4 is 11.9 Å². The van der Waals surface area contributed by atoms with Crippen LogP contribution in [0.15, 0.2) is 0 Å². The molecule has 18 heavy (non-hydrogen) atoms. The van der Waals surface area contributed by atoms with Crippen molar-refractivity contribution < 1.29 is 9.53 Å². The Morgan fingerprint density at radius 2 is 1.89 bits per heavy atom. The van der Waals surface area contributed by atoms with Crippen LogP contribution < -0.4 is 5.32 Å². The zero-order valence-corrected chi connectivity index (χ0v) is 12.0. The molecule has 0 aromatic rings. The molecule has 5 heteroatoms. The summed E-state index contributed by atoms with van der Waals surface area (Å²) in [6.07, 6.45) is 0.642. The summed E-state index contributed by atoms with van der Waals surface area (Å²) in [6.45, 7) is 11.9. The number of hydrogen-bond donors (Lipinski definition) is 2. The lowest BCUT2D eigenvalue weighted by molar-refractivity contribution is -0.0861. The van der Waals surface area contributed by atoms with E-state index >= 15 is 0 Å². The standard InChI is InChI=1S/C13H23N3O2/c1-8(2)16-10(17)15-9(14)13(16)7-11(3,4)18-12(13,5)6/h8H,7H2,1-6H3,(H2,14,15,17). The Morgan fingerprint density at radius 1 is 1.33 bits per heavy atom. The van der Waals surface area contributed by atoms with E-state index in [0.29, 0.717) is 6.42 Å². The fourth-order valence-corrected chi connectivity index (χ4v) is 3.64. The maximum atomic E-state index is 12.1. The molecule has 2 fully saturated rings. The van der Waals surface area contributed by atoms with E-state index in [2.05, 4.69) is 5.32 Å². The van der Waals surface area contributed by atoms with Gasteiger partial charge in [-0.1, -0.05) is 0 Å². The van der Waals surface area contributed by atoms with Crippen LogP contribution in [0.5, 0.6) is 0 Å². The van der Waals surface area contributed by atoms with Crippen molar-refractivity contribution in [2.24, 2.45) is 0 Å². The van der Waals surface area contributed by atoms with Crippen LogP contribution in [0.1, 0.15) is 48.0 Å². The molecule has 1 spiro atoms. The molecule has 2 rings (SSSR count). The van der Waals surface area contributed by atoms with Crippen LogP contribution in [-0.2, 0) is 4.74 Å². The van der Waals surface area contributed by atoms with Crippen molar-refractivity contribution in [3.05, 3.63) is 0 Å². The first-order chi connectivity index (χ1) is 8.03. The Morgan fingerprint density at radius 3 is 2.28 bits per heavy atom. The number of nitrogens with zero attached hydrogens (tertiary/aromatic N) is 1. The smallest absolute Gasteiger partial charge is 0.323 e. The van der Waals surface area contributed by atoms with E-state index in [4.69, 9.17) is 10.1 Å². The summed E-state index contributed by atoms with van der Waals surface area (Å²) < 4.78 is 6.10. The maximum absolute atomic E-state index is 12.1. The summed E-state index contributed by atoms with van der Waals surface area (Å²) in [4.78, 5) is 13.9. The summed E-state index contributed by atoms with van der Waals surface area (Å²) >= 11 is 0. The largest absolute Gasteiger partial charge is 0.367 e. The van der Waals surface area contributed by atoms with E-state index < -0.39 is 11.1 Å². The highest BCUT2D eigenvalue weighted by atomic mass is 16.5. The number of rotatable bonds is 1. The number of amidine groups is 1. The Labute approximate surface area is 108 Å². The first-order valence-electron chi connectivity index (χ1n) is 6.43. The molecular weight excluding hydrogens is 230 g/mol. The lowest BCUT2D eigenvalue weighted by atomic mass is 9.77. The molecule has 0 aromatic heterocycles. The second-order valence-corrected chi connectivity index (χ2v) is 6.68. The lowest BCUT2D eigenvalue weighted by Gasteiger charge is -2.43. The highest BCUT2D eigenvalue weighted by molar-refractivity contribution is 6.09. The third kappa shape index (κ3) is 1.49. The molecule has 2 heterocycles. The first kappa shape index (κ1) is 13.3. The normalized spacial score (nSPS) is 33.6. The van der Waals surface area contributed by atoms with Crippen molar-refractivity contribution in [2.75, 3.05) is 0 Å². The summed E-state index contributed by atoms with van der Waals surface area (Å²) in [6, 6.07) is -0.158. The topological polar surface area (TPSA) is 65.4 Å². The lowest BCUT2D eigenvalue weighted by Crippen LogP contribution is -2.62. The minimum absolute atomic E-state index is 0.0321. The molecule has 102 valence electrons. The molecule has 5 nitrogen and oxygen atoms in total. The summed E-state index contributed by atoms with van der Waals surface area (Å²) in [7, 11) is 0. The first-order valence-corrected chi connectivity index (χ1v) is 6.43. The number of carbonyl (C=O) groups is 1. The Bertz CT molecular complexity index is 414. The van der Waals surface area contributed by atoms with Crippen molar-refractivity contribution in [1.29, 1.82) is 5.41 Å². The number of urea groups is 1. The number of carbonyl (C=O) groups excluding carboxylic acids is 1. The van der Waals surface area contributed by atoms with Gasteiger partial charge in [-0.3, -0.25) is 10.7 Å². The zero-order chi connectivity index (χ0) is 13.9. The van der Waals surface area contributed by atoms with Gasteiger partial charge in [-0.25, -0.2) is 4.79 Å². The Balaban J connectivity index is 2.57. The summed E-state index contributed by atoms with van der Waals surface area (Å²) in [5.41, 5.74) is -1.59. The Kier molecular flexibility index (Phi) is 2.57. The third-order valence-electron chi connectivity index (χ3n) is 4.00. The molecule has 2 N–H and O–H groups in total. The second kappa shape index (κ2) is 3.47. The quantitative estimate of drug-likeness (QED) is 0.751. The summed E-state index contributed by atoms with van der Waals surface area (Å²) in [5, 5.41) is 10.9. The minimum atomic E-state index is -0.679. The number of ether oxygens (including phenoxy) is 1. The molecule has 2 amide bonds. The third-order valence-corrected chi connectivity index (χ3v) is 4.00. The van der Waals surface area contributed by atoms with Crippen LogP contribution in [0, 0.1) is 5.41 Å². The van der Waals surface area contributed by atoms with E-state index in [1.807, 2.05) is 41.5 Å². The van der Waals surface area contributed by atoms with Gasteiger partial charge in [0.2, 0.25) is 0 Å². The molecule has 2 aliphatic heterocycles. The minimum Gasteiger partial charge on any atom is -0.367 e. The van der Waals surface area contributed by atoms with Gasteiger partial charge in [-0.2, -0.15) is 0 Å². The molecule has 0 radical (unpaired) electrons. The monoisotopic (exact) mass is 253 g/mol. The number of amides is 2. The second-order valence-electron chi connectivity index (χ2n) is 6.68. The van der Waals surface area contributed by atoms with E-state index in [-0.39, 0.29) is 23.5 Å². The van der Waals surface area contributed by atoms with Crippen LogP contribution in [0.4, 0.5) is 4.79 Å². The average molecular weight is 253 g/mol. The molecule has 2 saturated heterocycles. The fourth-order valence-electron chi connectivity index (χ4n) is 3.64. The van der Waals surface area contributed by atoms with Crippen LogP contribution >= 0.6 is 0 Å². The van der Waals surface area contributed by atoms with Gasteiger partial charge in [0.1, 0.15) is 11.4 Å². The molecule has 0 bridgehead atoms. The molecule has 1 atom stereocenters. The highest BCUT2D eigenvalue weighted by Crippen LogP contribution is 2.51. The predicted octanol–water partition coefficient (Wildman–Crippen LogP) is 2.11. The predicted molar refractivity (Wildman–Crippen MR) is 69.8 cm³/mol. The van der Waals surface area contributed by atoms with Crippen molar-refractivity contribution in [1.82, 2.24) is 10.2 Å². The highest BCUT2D eigenvalue weighted by Gasteiger charge is 2.67. The van der Waals surface area contributed by atoms with Gasteiger partial charge in [-0.05, 0) is 41.5 Å². The van der Waals surface area contributed by atoms with Gasteiger partial charge in [-0.15, -0.1) is 0 Å². The fraction of sp³-hybridized carbons (Fsp3) is 0.846. The van der Waals surface area contributed by atoms with E-state index in [1.165, 1.54) is 0 Å². The van der Waals surface area contributed by atoms with Gasteiger partial charge >= 0.3 is 6.03 Å². The van der Waals surface area contributed by atoms with Crippen LogP contribution in [0.2, 0.25) is 0 Å². The molecule has 0 saturated carbocycles. The van der Waals surface area contributed by atoms with E-state index in [0.717, 1.165) is 0 Å². The van der Waals surface area contributed by atoms with Gasteiger partial charge < -0.3 is 9.64 Å². The van der Waals surface area contributed by atoms with Crippen molar-refractivity contribution in [3.63, 3.8) is 0 Å². The van der Waals surface area contributed by atoms with Gasteiger partial charge in [0, 0.05) is 12.5 Å². The Hall–Kier alpha value is -1.10. The van der Waals surface area contributed by atoms with Crippen molar-refractivity contribution in [3.8, 4) is 0 Å². The maximum Gasteiger partial charge on any atom is 0.323 e.